The zero-order valence-corrected chi connectivity index (χ0v) is 13.7. The zero-order chi connectivity index (χ0) is 18.2. The quantitative estimate of drug-likeness (QED) is 0.695. The minimum Gasteiger partial charge on any atom is -0.368 e. The Morgan fingerprint density at radius 1 is 1.00 bits per heavy atom. The van der Waals surface area contributed by atoms with Crippen LogP contribution < -0.4 is 16.4 Å². The first-order valence-electron chi connectivity index (χ1n) is 7.66. The normalized spacial score (nSPS) is 11.7. The fraction of sp³-hybridized carbons (Fsp3) is 0.105. The number of carbonyl (C=O) groups is 3. The van der Waals surface area contributed by atoms with E-state index in [1.807, 2.05) is 6.07 Å². The number of nitrogens with two attached hydrogens (primary N) is 1. The third-order valence-electron chi connectivity index (χ3n) is 3.53. The van der Waals surface area contributed by atoms with Crippen molar-refractivity contribution in [3.05, 3.63) is 77.4 Å². The van der Waals surface area contributed by atoms with Gasteiger partial charge in [0.15, 0.2) is 0 Å². The minimum atomic E-state index is -0.894. The Hall–Kier alpha value is -3.41. The van der Waals surface area contributed by atoms with Gasteiger partial charge in [0.05, 0.1) is 0 Å². The molecule has 0 heterocycles. The van der Waals surface area contributed by atoms with E-state index in [9.17, 15) is 14.4 Å². The summed E-state index contributed by atoms with van der Waals surface area (Å²) < 4.78 is 0. The number of hydrogen-bond donors (Lipinski definition) is 3. The number of primary amides is 1. The molecule has 6 heteroatoms. The van der Waals surface area contributed by atoms with E-state index in [4.69, 9.17) is 5.73 Å². The van der Waals surface area contributed by atoms with Gasteiger partial charge in [-0.1, -0.05) is 42.5 Å². The van der Waals surface area contributed by atoms with Crippen LogP contribution in [0.3, 0.4) is 0 Å². The molecule has 2 aromatic carbocycles. The Bertz CT molecular complexity index is 783. The van der Waals surface area contributed by atoms with Crippen LogP contribution in [-0.2, 0) is 9.59 Å². The van der Waals surface area contributed by atoms with Crippen LogP contribution in [0, 0.1) is 0 Å². The number of amides is 3. The lowest BCUT2D eigenvalue weighted by Gasteiger charge is -2.14. The number of nitrogens with one attached hydrogen (secondary N) is 2. The third kappa shape index (κ3) is 5.04. The Morgan fingerprint density at radius 2 is 1.64 bits per heavy atom. The largest absolute Gasteiger partial charge is 0.368 e. The molecule has 128 valence electrons. The lowest BCUT2D eigenvalue weighted by molar-refractivity contribution is -0.125. The molecule has 3 amide bonds. The van der Waals surface area contributed by atoms with Gasteiger partial charge in [0, 0.05) is 18.7 Å². The standard InChI is InChI=1S/C19H19N3O3/c1-21-19(25)15-10-7-13(8-11-15)9-12-16(23)22-17(18(20)24)14-5-3-2-4-6-14/h2-12,17H,1H3,(H2,20,24)(H,21,25)(H,22,23)/b12-9+. The average molecular weight is 337 g/mol. The van der Waals surface area contributed by atoms with Gasteiger partial charge in [-0.2, -0.15) is 0 Å². The smallest absolute Gasteiger partial charge is 0.251 e. The number of carbonyl (C=O) groups excluding carboxylic acids is 3. The summed E-state index contributed by atoms with van der Waals surface area (Å²) in [7, 11) is 1.56. The maximum Gasteiger partial charge on any atom is 0.251 e. The lowest BCUT2D eigenvalue weighted by atomic mass is 10.1. The monoisotopic (exact) mass is 337 g/mol. The summed E-state index contributed by atoms with van der Waals surface area (Å²) in [4.78, 5) is 35.1. The first-order valence-corrected chi connectivity index (χ1v) is 7.66. The predicted octanol–water partition coefficient (Wildman–Crippen LogP) is 1.40. The molecule has 0 saturated heterocycles. The highest BCUT2D eigenvalue weighted by molar-refractivity contribution is 5.96. The highest BCUT2D eigenvalue weighted by Gasteiger charge is 2.18. The molecule has 0 radical (unpaired) electrons. The SMILES string of the molecule is CNC(=O)c1ccc(/C=C/C(=O)NC(C(N)=O)c2ccccc2)cc1. The van der Waals surface area contributed by atoms with E-state index >= 15 is 0 Å². The molecule has 0 aliphatic heterocycles. The zero-order valence-electron chi connectivity index (χ0n) is 13.7. The van der Waals surface area contributed by atoms with Gasteiger partial charge in [-0.15, -0.1) is 0 Å². The van der Waals surface area contributed by atoms with Crippen LogP contribution in [0.5, 0.6) is 0 Å². The van der Waals surface area contributed by atoms with Gasteiger partial charge < -0.3 is 16.4 Å². The maximum atomic E-state index is 12.1. The van der Waals surface area contributed by atoms with Crippen molar-refractivity contribution >= 4 is 23.8 Å². The van der Waals surface area contributed by atoms with Gasteiger partial charge in [0.1, 0.15) is 6.04 Å². The van der Waals surface area contributed by atoms with E-state index in [0.717, 1.165) is 5.56 Å². The van der Waals surface area contributed by atoms with E-state index in [-0.39, 0.29) is 5.91 Å². The minimum absolute atomic E-state index is 0.180. The van der Waals surface area contributed by atoms with Crippen LogP contribution in [0.1, 0.15) is 27.5 Å². The van der Waals surface area contributed by atoms with Gasteiger partial charge in [0.2, 0.25) is 11.8 Å². The van der Waals surface area contributed by atoms with Crippen LogP contribution in [0.25, 0.3) is 6.08 Å². The van der Waals surface area contributed by atoms with Crippen LogP contribution in [0.15, 0.2) is 60.7 Å². The second-order valence-electron chi connectivity index (χ2n) is 5.29. The van der Waals surface area contributed by atoms with Crippen LogP contribution in [0.4, 0.5) is 0 Å². The highest BCUT2D eigenvalue weighted by atomic mass is 16.2. The van der Waals surface area contributed by atoms with Crippen molar-refractivity contribution in [3.8, 4) is 0 Å². The van der Waals surface area contributed by atoms with Crippen LogP contribution >= 0.6 is 0 Å². The summed E-state index contributed by atoms with van der Waals surface area (Å²) in [6.45, 7) is 0. The Balaban J connectivity index is 2.04. The molecule has 1 unspecified atom stereocenters. The Labute approximate surface area is 145 Å². The van der Waals surface area contributed by atoms with Crippen molar-refractivity contribution in [2.75, 3.05) is 7.05 Å². The first kappa shape index (κ1) is 17.9. The molecule has 2 aromatic rings. The highest BCUT2D eigenvalue weighted by Crippen LogP contribution is 2.12. The maximum absolute atomic E-state index is 12.1. The molecule has 0 fully saturated rings. The predicted molar refractivity (Wildman–Crippen MR) is 95.4 cm³/mol. The van der Waals surface area contributed by atoms with Gasteiger partial charge >= 0.3 is 0 Å². The van der Waals surface area contributed by atoms with Crippen molar-refractivity contribution in [1.82, 2.24) is 10.6 Å². The fourth-order valence-corrected chi connectivity index (χ4v) is 2.22. The Morgan fingerprint density at radius 3 is 2.20 bits per heavy atom. The summed E-state index contributed by atoms with van der Waals surface area (Å²) in [5.74, 6) is -1.26. The summed E-state index contributed by atoms with van der Waals surface area (Å²) in [5.41, 5.74) is 7.26. The van der Waals surface area contributed by atoms with E-state index in [1.54, 1.807) is 61.7 Å². The molecular formula is C19H19N3O3. The van der Waals surface area contributed by atoms with Crippen LogP contribution in [0.2, 0.25) is 0 Å². The molecule has 1 atom stereocenters. The molecule has 4 N–H and O–H groups in total. The van der Waals surface area contributed by atoms with Gasteiger partial charge in [-0.25, -0.2) is 0 Å². The first-order chi connectivity index (χ1) is 12.0. The van der Waals surface area contributed by atoms with Gasteiger partial charge in [-0.3, -0.25) is 14.4 Å². The molecule has 0 aliphatic carbocycles. The lowest BCUT2D eigenvalue weighted by Crippen LogP contribution is -2.36. The summed E-state index contributed by atoms with van der Waals surface area (Å²) in [5, 5.41) is 5.11. The molecular weight excluding hydrogens is 318 g/mol. The van der Waals surface area contributed by atoms with Gasteiger partial charge in [0.25, 0.3) is 5.91 Å². The second-order valence-corrected chi connectivity index (χ2v) is 5.29. The number of hydrogen-bond acceptors (Lipinski definition) is 3. The molecule has 0 aliphatic rings. The molecule has 0 saturated carbocycles. The molecule has 2 rings (SSSR count). The summed E-state index contributed by atoms with van der Waals surface area (Å²) >= 11 is 0. The second kappa shape index (κ2) is 8.44. The van der Waals surface area contributed by atoms with E-state index in [2.05, 4.69) is 10.6 Å². The molecule has 0 aromatic heterocycles. The van der Waals surface area contributed by atoms with Crippen molar-refractivity contribution in [3.63, 3.8) is 0 Å². The molecule has 0 bridgehead atoms. The topological polar surface area (TPSA) is 101 Å². The van der Waals surface area contributed by atoms with Crippen molar-refractivity contribution in [2.45, 2.75) is 6.04 Å². The van der Waals surface area contributed by atoms with E-state index < -0.39 is 17.9 Å². The number of rotatable bonds is 6. The van der Waals surface area contributed by atoms with Gasteiger partial charge in [-0.05, 0) is 29.3 Å². The molecule has 6 nitrogen and oxygen atoms in total. The number of benzene rings is 2. The van der Waals surface area contributed by atoms with E-state index in [0.29, 0.717) is 11.1 Å². The fourth-order valence-electron chi connectivity index (χ4n) is 2.22. The van der Waals surface area contributed by atoms with E-state index in [1.165, 1.54) is 6.08 Å². The molecule has 25 heavy (non-hydrogen) atoms. The van der Waals surface area contributed by atoms with Crippen molar-refractivity contribution in [1.29, 1.82) is 0 Å². The van der Waals surface area contributed by atoms with Crippen molar-refractivity contribution in [2.24, 2.45) is 5.73 Å². The third-order valence-corrected chi connectivity index (χ3v) is 3.53. The van der Waals surface area contributed by atoms with Crippen LogP contribution in [-0.4, -0.2) is 24.8 Å². The summed E-state index contributed by atoms with van der Waals surface area (Å²) in [6, 6.07) is 14.6. The average Bonchev–Trinajstić information content (AvgIpc) is 2.64. The van der Waals surface area contributed by atoms with Crippen molar-refractivity contribution < 1.29 is 14.4 Å². The molecule has 0 spiro atoms. The summed E-state index contributed by atoms with van der Waals surface area (Å²) in [6.07, 6.45) is 2.90. The Kier molecular flexibility index (Phi) is 6.06.